The van der Waals surface area contributed by atoms with Crippen LogP contribution in [0.2, 0.25) is 0 Å². The SMILES string of the molecule is Cn1cc(NC(=O)c2ccc(NC(=O)Cc3cccnc3)cc2)cc1C(=O)Nc1ccc(N(CCCl)CCCl)cc1. The molecule has 0 bridgehead atoms. The second-order valence-corrected chi connectivity index (χ2v) is 9.96. The molecule has 0 spiro atoms. The van der Waals surface area contributed by atoms with E-state index in [1.54, 1.807) is 66.6 Å². The van der Waals surface area contributed by atoms with Gasteiger partial charge >= 0.3 is 0 Å². The second-order valence-electron chi connectivity index (χ2n) is 9.21. The number of pyridine rings is 1. The zero-order chi connectivity index (χ0) is 29.2. The standard InChI is InChI=1S/C30H30Cl2N6O3/c1-37-20-25(18-27(37)30(41)35-24-8-10-26(11-9-24)38(15-12-31)16-13-32)36-29(40)22-4-6-23(7-5-22)34-28(39)17-21-3-2-14-33-19-21/h2-11,14,18-20H,12-13,15-17H2,1H3,(H,34,39)(H,35,41)(H,36,40). The van der Waals surface area contributed by atoms with Crippen molar-refractivity contribution in [3.05, 3.63) is 102 Å². The largest absolute Gasteiger partial charge is 0.369 e. The van der Waals surface area contributed by atoms with Crippen molar-refractivity contribution in [3.63, 3.8) is 0 Å². The Bertz CT molecular complexity index is 1470. The summed E-state index contributed by atoms with van der Waals surface area (Å²) in [6, 6.07) is 19.2. The van der Waals surface area contributed by atoms with Gasteiger partial charge in [-0.25, -0.2) is 0 Å². The molecule has 11 heteroatoms. The summed E-state index contributed by atoms with van der Waals surface area (Å²) in [5.41, 5.74) is 4.24. The Labute approximate surface area is 248 Å². The maximum atomic E-state index is 12.9. The molecule has 2 aromatic heterocycles. The van der Waals surface area contributed by atoms with Crippen LogP contribution in [0.4, 0.5) is 22.7 Å². The number of benzene rings is 2. The number of rotatable bonds is 12. The molecule has 0 unspecified atom stereocenters. The van der Waals surface area contributed by atoms with E-state index in [-0.39, 0.29) is 24.1 Å². The zero-order valence-electron chi connectivity index (χ0n) is 22.4. The van der Waals surface area contributed by atoms with Crippen molar-refractivity contribution >= 4 is 63.7 Å². The van der Waals surface area contributed by atoms with Gasteiger partial charge in [0.05, 0.1) is 12.1 Å². The number of hydrogen-bond acceptors (Lipinski definition) is 5. The van der Waals surface area contributed by atoms with Crippen molar-refractivity contribution in [2.24, 2.45) is 7.05 Å². The highest BCUT2D eigenvalue weighted by Gasteiger charge is 2.15. The number of carbonyl (C=O) groups is 3. The Morgan fingerprint density at radius 1 is 0.829 bits per heavy atom. The van der Waals surface area contributed by atoms with E-state index in [2.05, 4.69) is 25.8 Å². The lowest BCUT2D eigenvalue weighted by atomic mass is 10.1. The summed E-state index contributed by atoms with van der Waals surface area (Å²) >= 11 is 11.8. The van der Waals surface area contributed by atoms with Crippen molar-refractivity contribution in [1.82, 2.24) is 9.55 Å². The molecule has 3 amide bonds. The van der Waals surface area contributed by atoms with E-state index in [4.69, 9.17) is 23.2 Å². The zero-order valence-corrected chi connectivity index (χ0v) is 24.0. The third-order valence-electron chi connectivity index (χ3n) is 6.21. The number of anilines is 4. The van der Waals surface area contributed by atoms with E-state index in [1.807, 2.05) is 30.3 Å². The quantitative estimate of drug-likeness (QED) is 0.191. The first-order chi connectivity index (χ1) is 19.9. The number of aryl methyl sites for hydroxylation is 1. The smallest absolute Gasteiger partial charge is 0.272 e. The number of amides is 3. The third-order valence-corrected chi connectivity index (χ3v) is 6.55. The average Bonchev–Trinajstić information content (AvgIpc) is 3.34. The summed E-state index contributed by atoms with van der Waals surface area (Å²) in [5, 5.41) is 8.51. The third kappa shape index (κ3) is 8.33. The van der Waals surface area contributed by atoms with Crippen LogP contribution in [0.3, 0.4) is 0 Å². The first-order valence-corrected chi connectivity index (χ1v) is 14.0. The molecular weight excluding hydrogens is 563 g/mol. The minimum atomic E-state index is -0.343. The summed E-state index contributed by atoms with van der Waals surface area (Å²) in [6.07, 6.45) is 5.16. The number of halogens is 2. The molecule has 0 aliphatic rings. The fourth-order valence-corrected chi connectivity index (χ4v) is 4.59. The Balaban J connectivity index is 1.33. The molecular formula is C30H30Cl2N6O3. The van der Waals surface area contributed by atoms with Crippen molar-refractivity contribution in [2.75, 3.05) is 45.7 Å². The fourth-order valence-electron chi connectivity index (χ4n) is 4.18. The molecule has 2 heterocycles. The minimum Gasteiger partial charge on any atom is -0.369 e. The van der Waals surface area contributed by atoms with E-state index in [0.29, 0.717) is 53.2 Å². The molecule has 0 aliphatic carbocycles. The number of nitrogens with zero attached hydrogens (tertiary/aromatic N) is 3. The van der Waals surface area contributed by atoms with Crippen molar-refractivity contribution < 1.29 is 14.4 Å². The van der Waals surface area contributed by atoms with Gasteiger partial charge in [0.1, 0.15) is 5.69 Å². The molecule has 0 saturated carbocycles. The Hall–Kier alpha value is -4.34. The van der Waals surface area contributed by atoms with Gasteiger partial charge in [-0.1, -0.05) is 6.07 Å². The Morgan fingerprint density at radius 3 is 2.10 bits per heavy atom. The van der Waals surface area contributed by atoms with Gasteiger partial charge in [-0.3, -0.25) is 19.4 Å². The summed E-state index contributed by atoms with van der Waals surface area (Å²) in [4.78, 5) is 44.1. The van der Waals surface area contributed by atoms with Gasteiger partial charge in [0.15, 0.2) is 0 Å². The van der Waals surface area contributed by atoms with Crippen LogP contribution in [-0.4, -0.2) is 52.1 Å². The predicted molar refractivity (Wildman–Crippen MR) is 164 cm³/mol. The second kappa shape index (κ2) is 14.3. The van der Waals surface area contributed by atoms with Crippen LogP contribution in [0.15, 0.2) is 85.3 Å². The highest BCUT2D eigenvalue weighted by Crippen LogP contribution is 2.21. The highest BCUT2D eigenvalue weighted by molar-refractivity contribution is 6.18. The maximum absolute atomic E-state index is 12.9. The van der Waals surface area contributed by atoms with Crippen LogP contribution in [-0.2, 0) is 18.3 Å². The molecule has 3 N–H and O–H groups in total. The first-order valence-electron chi connectivity index (χ1n) is 12.9. The molecule has 4 aromatic rings. The van der Waals surface area contributed by atoms with Crippen LogP contribution in [0.5, 0.6) is 0 Å². The Morgan fingerprint density at radius 2 is 1.46 bits per heavy atom. The lowest BCUT2D eigenvalue weighted by Crippen LogP contribution is -2.27. The Kier molecular flexibility index (Phi) is 10.4. The molecule has 41 heavy (non-hydrogen) atoms. The number of carbonyl (C=O) groups excluding carboxylic acids is 3. The number of hydrogen-bond donors (Lipinski definition) is 3. The van der Waals surface area contributed by atoms with Crippen LogP contribution >= 0.6 is 23.2 Å². The van der Waals surface area contributed by atoms with Crippen LogP contribution in [0.25, 0.3) is 0 Å². The van der Waals surface area contributed by atoms with E-state index < -0.39 is 0 Å². The normalized spacial score (nSPS) is 10.6. The fraction of sp³-hybridized carbons (Fsp3) is 0.200. The number of aromatic nitrogens is 2. The van der Waals surface area contributed by atoms with E-state index in [1.165, 1.54) is 0 Å². The van der Waals surface area contributed by atoms with Gasteiger partial charge in [-0.05, 0) is 66.2 Å². The van der Waals surface area contributed by atoms with E-state index in [0.717, 1.165) is 11.3 Å². The summed E-state index contributed by atoms with van der Waals surface area (Å²) in [5.74, 6) is 0.133. The molecule has 4 rings (SSSR count). The van der Waals surface area contributed by atoms with Gasteiger partial charge < -0.3 is 25.4 Å². The molecule has 0 atom stereocenters. The summed E-state index contributed by atoms with van der Waals surface area (Å²) in [7, 11) is 1.73. The topological polar surface area (TPSA) is 108 Å². The van der Waals surface area contributed by atoms with Gasteiger partial charge in [0.2, 0.25) is 5.91 Å². The van der Waals surface area contributed by atoms with Gasteiger partial charge in [-0.2, -0.15) is 0 Å². The molecule has 0 fully saturated rings. The number of nitrogens with one attached hydrogen (secondary N) is 3. The highest BCUT2D eigenvalue weighted by atomic mass is 35.5. The summed E-state index contributed by atoms with van der Waals surface area (Å²) < 4.78 is 1.64. The molecule has 9 nitrogen and oxygen atoms in total. The van der Waals surface area contributed by atoms with Crippen molar-refractivity contribution in [3.8, 4) is 0 Å². The molecule has 2 aromatic carbocycles. The van der Waals surface area contributed by atoms with Gasteiger partial charge in [0, 0.05) is 73.1 Å². The molecule has 212 valence electrons. The van der Waals surface area contributed by atoms with Crippen LogP contribution in [0, 0.1) is 0 Å². The van der Waals surface area contributed by atoms with Gasteiger partial charge in [-0.15, -0.1) is 23.2 Å². The lowest BCUT2D eigenvalue weighted by Gasteiger charge is -2.23. The van der Waals surface area contributed by atoms with Crippen LogP contribution < -0.4 is 20.9 Å². The predicted octanol–water partition coefficient (Wildman–Crippen LogP) is 5.39. The van der Waals surface area contributed by atoms with Crippen LogP contribution in [0.1, 0.15) is 26.4 Å². The molecule has 0 aliphatic heterocycles. The minimum absolute atomic E-state index is 0.180. The lowest BCUT2D eigenvalue weighted by molar-refractivity contribution is -0.115. The molecule has 0 saturated heterocycles. The van der Waals surface area contributed by atoms with E-state index >= 15 is 0 Å². The number of alkyl halides is 2. The average molecular weight is 594 g/mol. The summed E-state index contributed by atoms with van der Waals surface area (Å²) in [6.45, 7) is 1.34. The molecule has 0 radical (unpaired) electrons. The van der Waals surface area contributed by atoms with Crippen molar-refractivity contribution in [2.45, 2.75) is 6.42 Å². The maximum Gasteiger partial charge on any atom is 0.272 e. The monoisotopic (exact) mass is 592 g/mol. The van der Waals surface area contributed by atoms with Crippen molar-refractivity contribution in [1.29, 1.82) is 0 Å². The van der Waals surface area contributed by atoms with Gasteiger partial charge in [0.25, 0.3) is 11.8 Å². The first kappa shape index (κ1) is 29.6. The van der Waals surface area contributed by atoms with E-state index in [9.17, 15) is 14.4 Å².